The zero-order valence-electron chi connectivity index (χ0n) is 6.05. The fourth-order valence-corrected chi connectivity index (χ4v) is 0.279. The third kappa shape index (κ3) is 7.88. The highest BCUT2D eigenvalue weighted by atomic mass is 16.8. The molecule has 0 unspecified atom stereocenters. The summed E-state index contributed by atoms with van der Waals surface area (Å²) in [6.45, 7) is 5.38. The Morgan fingerprint density at radius 2 is 1.11 bits per heavy atom. The molecule has 0 aliphatic carbocycles. The third-order valence-corrected chi connectivity index (χ3v) is 0.500. The van der Waals surface area contributed by atoms with Crippen LogP contribution in [0.5, 0.6) is 0 Å². The average Bonchev–Trinajstić information content (AvgIpc) is 1.93. The molecule has 56 valence electrons. The molecule has 1 rings (SSSR count). The first-order valence-electron chi connectivity index (χ1n) is 3.15. The summed E-state index contributed by atoms with van der Waals surface area (Å²) >= 11 is 0. The topological polar surface area (TPSA) is 27.7 Å². The van der Waals surface area contributed by atoms with Gasteiger partial charge in [0.2, 0.25) is 0 Å². The van der Waals surface area contributed by atoms with Crippen molar-refractivity contribution in [2.45, 2.75) is 20.3 Å². The maximum atomic E-state index is 4.62. The number of ether oxygens (including phenoxy) is 3. The summed E-state index contributed by atoms with van der Waals surface area (Å²) in [5, 5.41) is 0. The zero-order chi connectivity index (χ0) is 6.95. The molecule has 9 heavy (non-hydrogen) atoms. The molecule has 3 nitrogen and oxygen atoms in total. The maximum absolute atomic E-state index is 4.62. The minimum absolute atomic E-state index is 0.375. The Hall–Kier alpha value is -0.120. The van der Waals surface area contributed by atoms with Gasteiger partial charge in [0, 0.05) is 0 Å². The lowest BCUT2D eigenvalue weighted by molar-refractivity contribution is -0.247. The van der Waals surface area contributed by atoms with Gasteiger partial charge in [-0.1, -0.05) is 20.3 Å². The van der Waals surface area contributed by atoms with Crippen molar-refractivity contribution < 1.29 is 14.2 Å². The Morgan fingerprint density at radius 1 is 0.889 bits per heavy atom. The van der Waals surface area contributed by atoms with Crippen molar-refractivity contribution in [3.63, 3.8) is 0 Å². The van der Waals surface area contributed by atoms with E-state index in [1.54, 1.807) is 0 Å². The van der Waals surface area contributed by atoms with Gasteiger partial charge >= 0.3 is 0 Å². The van der Waals surface area contributed by atoms with Crippen molar-refractivity contribution in [1.82, 2.24) is 0 Å². The highest BCUT2D eigenvalue weighted by molar-refractivity contribution is 4.09. The second-order valence-corrected chi connectivity index (χ2v) is 1.67. The van der Waals surface area contributed by atoms with Gasteiger partial charge in [-0.3, -0.25) is 0 Å². The van der Waals surface area contributed by atoms with E-state index in [0.29, 0.717) is 20.4 Å². The van der Waals surface area contributed by atoms with Crippen molar-refractivity contribution in [3.05, 3.63) is 0 Å². The summed E-state index contributed by atoms with van der Waals surface area (Å²) in [5.74, 6) is 0. The average molecular weight is 134 g/mol. The van der Waals surface area contributed by atoms with Crippen molar-refractivity contribution in [2.24, 2.45) is 0 Å². The smallest absolute Gasteiger partial charge is 0.152 e. The van der Waals surface area contributed by atoms with Crippen LogP contribution in [0.1, 0.15) is 20.3 Å². The van der Waals surface area contributed by atoms with Crippen LogP contribution in [0.15, 0.2) is 0 Å². The summed E-state index contributed by atoms with van der Waals surface area (Å²) in [7, 11) is 0. The summed E-state index contributed by atoms with van der Waals surface area (Å²) < 4.78 is 13.9. The van der Waals surface area contributed by atoms with Gasteiger partial charge in [-0.2, -0.15) is 0 Å². The SMILES string of the molecule is C1OCOCO1.CCC. The van der Waals surface area contributed by atoms with Crippen LogP contribution in [0.3, 0.4) is 0 Å². The molecular weight excluding hydrogens is 120 g/mol. The standard InChI is InChI=1S/C3H6O3.C3H8/c1-4-2-6-3-5-1;1-3-2/h1-3H2;3H2,1-2H3. The van der Waals surface area contributed by atoms with Crippen LogP contribution in [0.2, 0.25) is 0 Å². The van der Waals surface area contributed by atoms with Gasteiger partial charge in [0.05, 0.1) is 0 Å². The van der Waals surface area contributed by atoms with Crippen LogP contribution in [0, 0.1) is 0 Å². The molecule has 0 saturated carbocycles. The fourth-order valence-electron chi connectivity index (χ4n) is 0.279. The number of hydrogen-bond donors (Lipinski definition) is 0. The molecule has 1 saturated heterocycles. The molecular formula is C6H14O3. The first-order valence-corrected chi connectivity index (χ1v) is 3.15. The van der Waals surface area contributed by atoms with Crippen LogP contribution in [-0.2, 0) is 14.2 Å². The van der Waals surface area contributed by atoms with Gasteiger partial charge in [0.25, 0.3) is 0 Å². The minimum Gasteiger partial charge on any atom is -0.329 e. The molecule has 0 radical (unpaired) electrons. The molecule has 0 amide bonds. The predicted octanol–water partition coefficient (Wildman–Crippen LogP) is 1.34. The van der Waals surface area contributed by atoms with Gasteiger partial charge in [-0.25, -0.2) is 0 Å². The molecule has 1 aliphatic rings. The van der Waals surface area contributed by atoms with Crippen molar-refractivity contribution in [2.75, 3.05) is 20.4 Å². The highest BCUT2D eigenvalue weighted by Crippen LogP contribution is 1.87. The van der Waals surface area contributed by atoms with Gasteiger partial charge in [-0.05, 0) is 0 Å². The van der Waals surface area contributed by atoms with Gasteiger partial charge in [-0.15, -0.1) is 0 Å². The van der Waals surface area contributed by atoms with E-state index in [1.165, 1.54) is 6.42 Å². The molecule has 0 aromatic rings. The van der Waals surface area contributed by atoms with Crippen LogP contribution < -0.4 is 0 Å². The van der Waals surface area contributed by atoms with Gasteiger partial charge in [0.1, 0.15) is 0 Å². The summed E-state index contributed by atoms with van der Waals surface area (Å²) in [5.41, 5.74) is 0. The Labute approximate surface area is 55.9 Å². The lowest BCUT2D eigenvalue weighted by Gasteiger charge is -2.10. The second-order valence-electron chi connectivity index (χ2n) is 1.67. The molecule has 1 aliphatic heterocycles. The Kier molecular flexibility index (Phi) is 7.77. The molecule has 1 heterocycles. The molecule has 0 spiro atoms. The largest absolute Gasteiger partial charge is 0.329 e. The fraction of sp³-hybridized carbons (Fsp3) is 1.00. The first kappa shape index (κ1) is 8.88. The van der Waals surface area contributed by atoms with Gasteiger partial charge < -0.3 is 14.2 Å². The van der Waals surface area contributed by atoms with E-state index in [0.717, 1.165) is 0 Å². The Bertz CT molecular complexity index is 32.1. The Balaban J connectivity index is 0.000000187. The summed E-state index contributed by atoms with van der Waals surface area (Å²) in [6, 6.07) is 0. The zero-order valence-corrected chi connectivity index (χ0v) is 6.05. The van der Waals surface area contributed by atoms with Crippen LogP contribution >= 0.6 is 0 Å². The van der Waals surface area contributed by atoms with E-state index >= 15 is 0 Å². The molecule has 0 aromatic heterocycles. The third-order valence-electron chi connectivity index (χ3n) is 0.500. The van der Waals surface area contributed by atoms with E-state index < -0.39 is 0 Å². The van der Waals surface area contributed by atoms with E-state index in [-0.39, 0.29) is 0 Å². The van der Waals surface area contributed by atoms with Crippen molar-refractivity contribution in [1.29, 1.82) is 0 Å². The Morgan fingerprint density at radius 3 is 1.22 bits per heavy atom. The van der Waals surface area contributed by atoms with Crippen LogP contribution in [-0.4, -0.2) is 20.4 Å². The lowest BCUT2D eigenvalue weighted by atomic mass is 10.6. The van der Waals surface area contributed by atoms with E-state index in [9.17, 15) is 0 Å². The normalized spacial score (nSPS) is 18.0. The quantitative estimate of drug-likeness (QED) is 0.500. The van der Waals surface area contributed by atoms with Crippen LogP contribution in [0.4, 0.5) is 0 Å². The lowest BCUT2D eigenvalue weighted by Crippen LogP contribution is -2.14. The second kappa shape index (κ2) is 7.88. The first-order chi connectivity index (χ1) is 4.41. The summed E-state index contributed by atoms with van der Waals surface area (Å²) in [6.07, 6.45) is 1.25. The molecule has 0 N–H and O–H groups in total. The highest BCUT2D eigenvalue weighted by Gasteiger charge is 1.93. The maximum Gasteiger partial charge on any atom is 0.152 e. The predicted molar refractivity (Wildman–Crippen MR) is 33.8 cm³/mol. The molecule has 0 atom stereocenters. The number of hydrogen-bond acceptors (Lipinski definition) is 3. The van der Waals surface area contributed by atoms with E-state index in [1.807, 2.05) is 0 Å². The monoisotopic (exact) mass is 134 g/mol. The number of rotatable bonds is 0. The molecule has 3 heteroatoms. The minimum atomic E-state index is 0.375. The van der Waals surface area contributed by atoms with E-state index in [4.69, 9.17) is 0 Å². The van der Waals surface area contributed by atoms with Gasteiger partial charge in [0.15, 0.2) is 20.4 Å². The molecule has 0 bridgehead atoms. The van der Waals surface area contributed by atoms with E-state index in [2.05, 4.69) is 28.1 Å². The van der Waals surface area contributed by atoms with Crippen molar-refractivity contribution >= 4 is 0 Å². The van der Waals surface area contributed by atoms with Crippen LogP contribution in [0.25, 0.3) is 0 Å². The summed E-state index contributed by atoms with van der Waals surface area (Å²) in [4.78, 5) is 0. The molecule has 1 fully saturated rings. The molecule has 0 aromatic carbocycles. The van der Waals surface area contributed by atoms with Crippen molar-refractivity contribution in [3.8, 4) is 0 Å².